The number of urea groups is 1. The van der Waals surface area contributed by atoms with Gasteiger partial charge in [-0.15, -0.1) is 0 Å². The van der Waals surface area contributed by atoms with Crippen LogP contribution >= 0.6 is 0 Å². The lowest BCUT2D eigenvalue weighted by Crippen LogP contribution is -2.45. The number of carboxylic acids is 1. The molecule has 0 unspecified atom stereocenters. The summed E-state index contributed by atoms with van der Waals surface area (Å²) in [5.74, 6) is -1.16. The number of pyridine rings is 1. The predicted octanol–water partition coefficient (Wildman–Crippen LogP) is -0.707. The Hall–Kier alpha value is -2.15. The summed E-state index contributed by atoms with van der Waals surface area (Å²) >= 11 is 0. The van der Waals surface area contributed by atoms with Crippen LogP contribution in [0.4, 0.5) is 4.79 Å². The van der Waals surface area contributed by atoms with Gasteiger partial charge in [-0.3, -0.25) is 9.78 Å². The summed E-state index contributed by atoms with van der Waals surface area (Å²) in [4.78, 5) is 25.5. The highest BCUT2D eigenvalue weighted by atomic mass is 16.4. The maximum Gasteiger partial charge on any atom is 0.322 e. The van der Waals surface area contributed by atoms with E-state index in [0.29, 0.717) is 6.54 Å². The van der Waals surface area contributed by atoms with Crippen molar-refractivity contribution in [3.05, 3.63) is 30.1 Å². The van der Waals surface area contributed by atoms with Gasteiger partial charge in [0.15, 0.2) is 0 Å². The lowest BCUT2D eigenvalue weighted by molar-refractivity contribution is -0.138. The molecule has 2 amide bonds. The molecule has 92 valence electrons. The fraction of sp³-hybridized carbons (Fsp3) is 0.300. The quantitative estimate of drug-likeness (QED) is 0.540. The molecule has 0 spiro atoms. The minimum absolute atomic E-state index is 0.117. The van der Waals surface area contributed by atoms with E-state index in [9.17, 15) is 9.59 Å². The highest BCUT2D eigenvalue weighted by molar-refractivity contribution is 5.77. The van der Waals surface area contributed by atoms with Gasteiger partial charge in [-0.2, -0.15) is 0 Å². The van der Waals surface area contributed by atoms with Crippen molar-refractivity contribution >= 4 is 12.0 Å². The van der Waals surface area contributed by atoms with Crippen LogP contribution in [-0.2, 0) is 11.3 Å². The van der Waals surface area contributed by atoms with Crippen molar-refractivity contribution in [2.75, 3.05) is 6.54 Å². The van der Waals surface area contributed by atoms with Crippen LogP contribution in [0.15, 0.2) is 24.5 Å². The van der Waals surface area contributed by atoms with Crippen molar-refractivity contribution in [2.24, 2.45) is 5.73 Å². The number of nitrogens with zero attached hydrogens (tertiary/aromatic N) is 1. The first-order valence-corrected chi connectivity index (χ1v) is 4.98. The van der Waals surface area contributed by atoms with Gasteiger partial charge >= 0.3 is 12.0 Å². The van der Waals surface area contributed by atoms with E-state index >= 15 is 0 Å². The summed E-state index contributed by atoms with van der Waals surface area (Å²) < 4.78 is 0. The number of hydrogen-bond donors (Lipinski definition) is 4. The normalized spacial score (nSPS) is 11.6. The van der Waals surface area contributed by atoms with Crippen molar-refractivity contribution in [2.45, 2.75) is 12.6 Å². The van der Waals surface area contributed by atoms with Crippen molar-refractivity contribution in [1.82, 2.24) is 15.6 Å². The van der Waals surface area contributed by atoms with Crippen LogP contribution < -0.4 is 16.4 Å². The van der Waals surface area contributed by atoms with E-state index in [1.165, 1.54) is 0 Å². The monoisotopic (exact) mass is 238 g/mol. The molecule has 1 heterocycles. The lowest BCUT2D eigenvalue weighted by Gasteiger charge is -2.09. The maximum atomic E-state index is 11.3. The molecule has 0 aromatic carbocycles. The number of carboxylic acid groups (broad SMARTS) is 1. The van der Waals surface area contributed by atoms with Gasteiger partial charge in [0, 0.05) is 25.5 Å². The molecule has 0 aliphatic heterocycles. The van der Waals surface area contributed by atoms with Gasteiger partial charge < -0.3 is 21.5 Å². The number of nitrogens with two attached hydrogens (primary N) is 1. The minimum Gasteiger partial charge on any atom is -0.480 e. The largest absolute Gasteiger partial charge is 0.480 e. The van der Waals surface area contributed by atoms with E-state index in [4.69, 9.17) is 10.8 Å². The molecule has 5 N–H and O–H groups in total. The fourth-order valence-corrected chi connectivity index (χ4v) is 1.04. The maximum absolute atomic E-state index is 11.3. The summed E-state index contributed by atoms with van der Waals surface area (Å²) in [6.45, 7) is 0.205. The molecule has 7 heteroatoms. The number of hydrogen-bond acceptors (Lipinski definition) is 4. The number of nitrogens with one attached hydrogen (secondary N) is 2. The predicted molar refractivity (Wildman–Crippen MR) is 60.1 cm³/mol. The highest BCUT2D eigenvalue weighted by Crippen LogP contribution is 1.93. The molecule has 7 nitrogen and oxygen atoms in total. The summed E-state index contributed by atoms with van der Waals surface area (Å²) in [7, 11) is 0. The third kappa shape index (κ3) is 4.94. The average molecular weight is 238 g/mol. The fourth-order valence-electron chi connectivity index (χ4n) is 1.04. The number of aromatic nitrogens is 1. The van der Waals surface area contributed by atoms with Crippen molar-refractivity contribution in [3.8, 4) is 0 Å². The molecular weight excluding hydrogens is 224 g/mol. The van der Waals surface area contributed by atoms with Crippen LogP contribution in [0.3, 0.4) is 0 Å². The van der Waals surface area contributed by atoms with Gasteiger partial charge in [0.1, 0.15) is 6.04 Å². The Morgan fingerprint density at radius 1 is 1.47 bits per heavy atom. The van der Waals surface area contributed by atoms with E-state index < -0.39 is 18.0 Å². The molecule has 0 aliphatic carbocycles. The lowest BCUT2D eigenvalue weighted by atomic mass is 10.3. The summed E-state index contributed by atoms with van der Waals surface area (Å²) in [6.07, 6.45) is 3.26. The second kappa shape index (κ2) is 6.44. The van der Waals surface area contributed by atoms with E-state index in [0.717, 1.165) is 5.56 Å². The number of rotatable bonds is 5. The molecule has 1 aromatic rings. The summed E-state index contributed by atoms with van der Waals surface area (Å²) in [6, 6.07) is 2.01. The van der Waals surface area contributed by atoms with Crippen LogP contribution in [-0.4, -0.2) is 34.7 Å². The highest BCUT2D eigenvalue weighted by Gasteiger charge is 2.12. The molecule has 0 saturated carbocycles. The second-order valence-corrected chi connectivity index (χ2v) is 3.37. The first-order valence-electron chi connectivity index (χ1n) is 4.98. The van der Waals surface area contributed by atoms with Gasteiger partial charge in [0.05, 0.1) is 0 Å². The van der Waals surface area contributed by atoms with E-state index in [1.54, 1.807) is 18.5 Å². The molecule has 0 aliphatic rings. The average Bonchev–Trinajstić information content (AvgIpc) is 2.34. The van der Waals surface area contributed by atoms with Crippen LogP contribution in [0, 0.1) is 0 Å². The Kier molecular flexibility index (Phi) is 4.89. The molecule has 0 bridgehead atoms. The number of amides is 2. The molecule has 1 aromatic heterocycles. The molecule has 0 radical (unpaired) electrons. The molecule has 17 heavy (non-hydrogen) atoms. The SMILES string of the molecule is N[C@@H](CNC(=O)NCc1cccnc1)C(=O)O. The van der Waals surface area contributed by atoms with Gasteiger partial charge in [0.25, 0.3) is 0 Å². The van der Waals surface area contributed by atoms with Crippen molar-refractivity contribution in [1.29, 1.82) is 0 Å². The van der Waals surface area contributed by atoms with Gasteiger partial charge in [-0.1, -0.05) is 6.07 Å². The molecule has 0 fully saturated rings. The van der Waals surface area contributed by atoms with Crippen LogP contribution in [0.1, 0.15) is 5.56 Å². The minimum atomic E-state index is -1.16. The zero-order valence-corrected chi connectivity index (χ0v) is 9.09. The van der Waals surface area contributed by atoms with Gasteiger partial charge in [-0.05, 0) is 11.6 Å². The first kappa shape index (κ1) is 12.9. The smallest absolute Gasteiger partial charge is 0.322 e. The van der Waals surface area contributed by atoms with Gasteiger partial charge in [-0.25, -0.2) is 4.79 Å². The first-order chi connectivity index (χ1) is 8.09. The number of aliphatic carboxylic acids is 1. The third-order valence-electron chi connectivity index (χ3n) is 1.98. The van der Waals surface area contributed by atoms with Crippen molar-refractivity contribution in [3.63, 3.8) is 0 Å². The van der Waals surface area contributed by atoms with E-state index in [2.05, 4.69) is 15.6 Å². The number of carbonyl (C=O) groups is 2. The van der Waals surface area contributed by atoms with Crippen LogP contribution in [0.2, 0.25) is 0 Å². The zero-order chi connectivity index (χ0) is 12.7. The Labute approximate surface area is 98.0 Å². The zero-order valence-electron chi connectivity index (χ0n) is 9.09. The van der Waals surface area contributed by atoms with Crippen LogP contribution in [0.25, 0.3) is 0 Å². The molecule has 1 atom stereocenters. The van der Waals surface area contributed by atoms with Crippen molar-refractivity contribution < 1.29 is 14.7 Å². The summed E-state index contributed by atoms with van der Waals surface area (Å²) in [5.41, 5.74) is 6.07. The molecular formula is C10H14N4O3. The summed E-state index contributed by atoms with van der Waals surface area (Å²) in [5, 5.41) is 13.4. The molecule has 0 saturated heterocycles. The second-order valence-electron chi connectivity index (χ2n) is 3.37. The van der Waals surface area contributed by atoms with Crippen LogP contribution in [0.5, 0.6) is 0 Å². The van der Waals surface area contributed by atoms with Gasteiger partial charge in [0.2, 0.25) is 0 Å². The molecule has 1 rings (SSSR count). The topological polar surface area (TPSA) is 117 Å². The Bertz CT molecular complexity index is 382. The Morgan fingerprint density at radius 3 is 2.82 bits per heavy atom. The van der Waals surface area contributed by atoms with E-state index in [1.807, 2.05) is 6.07 Å². The standard InChI is InChI=1S/C10H14N4O3/c11-8(9(15)16)6-14-10(17)13-5-7-2-1-3-12-4-7/h1-4,8H,5-6,11H2,(H,15,16)(H2,13,14,17)/t8-/m0/s1. The van der Waals surface area contributed by atoms with E-state index in [-0.39, 0.29) is 6.54 Å². The third-order valence-corrected chi connectivity index (χ3v) is 1.98. The Morgan fingerprint density at radius 2 is 2.24 bits per heavy atom. The Balaban J connectivity index is 2.24. The number of carbonyl (C=O) groups excluding carboxylic acids is 1.